The molecular weight excluding hydrogens is 677 g/mol. The number of rotatable bonds is 27. The molecular formula is C46H72N2O6. The van der Waals surface area contributed by atoms with Gasteiger partial charge in [-0.1, -0.05) is 89.5 Å². The van der Waals surface area contributed by atoms with Crippen LogP contribution in [0.5, 0.6) is 17.2 Å². The number of aliphatic hydroxyl groups is 1. The predicted octanol–water partition coefficient (Wildman–Crippen LogP) is 10.5. The number of hydrogen-bond donors (Lipinski definition) is 2. The van der Waals surface area contributed by atoms with E-state index in [1.54, 1.807) is 12.1 Å². The molecule has 2 N–H and O–H groups in total. The smallest absolute Gasteiger partial charge is 0.204 e. The van der Waals surface area contributed by atoms with Crippen molar-refractivity contribution in [3.63, 3.8) is 0 Å². The Kier molecular flexibility index (Phi) is 20.2. The Morgan fingerprint density at radius 3 is 1.52 bits per heavy atom. The summed E-state index contributed by atoms with van der Waals surface area (Å²) in [7, 11) is 0. The van der Waals surface area contributed by atoms with Gasteiger partial charge >= 0.3 is 0 Å². The summed E-state index contributed by atoms with van der Waals surface area (Å²) in [5, 5.41) is 22.9. The Balaban J connectivity index is 1.91. The standard InChI is InChI=1S/C46H72N2O6/c1-9-47(10-2)27-19-15-13-17-21-29-52-39-31-42-44(45(50)37(39)26-24-35(7)8)46(51)43-36(25-23-34(5)6)38(33-49)40(32-41(43)54-42)53-30-22-18-14-16-20-28-48(11-3)12-4/h23-24,31-32,49-50H,9-22,25-30,33H2,1-8H3. The van der Waals surface area contributed by atoms with Crippen LogP contribution in [0, 0.1) is 0 Å². The molecule has 0 spiro atoms. The van der Waals surface area contributed by atoms with Crippen molar-refractivity contribution in [1.82, 2.24) is 9.80 Å². The van der Waals surface area contributed by atoms with Crippen molar-refractivity contribution < 1.29 is 24.1 Å². The van der Waals surface area contributed by atoms with Crippen LogP contribution in [-0.2, 0) is 19.4 Å². The predicted molar refractivity (Wildman–Crippen MR) is 227 cm³/mol. The van der Waals surface area contributed by atoms with Gasteiger partial charge in [-0.25, -0.2) is 0 Å². The maximum atomic E-state index is 14.5. The number of nitrogens with zero attached hydrogens (tertiary/aromatic N) is 2. The summed E-state index contributed by atoms with van der Waals surface area (Å²) in [6.07, 6.45) is 16.0. The van der Waals surface area contributed by atoms with E-state index in [1.807, 2.05) is 39.8 Å². The minimum Gasteiger partial charge on any atom is -0.507 e. The number of allylic oxidation sites excluding steroid dienone is 4. The first-order chi connectivity index (χ1) is 26.1. The Labute approximate surface area is 326 Å². The van der Waals surface area contributed by atoms with E-state index in [0.717, 1.165) is 88.9 Å². The van der Waals surface area contributed by atoms with Gasteiger partial charge in [0.1, 0.15) is 33.8 Å². The summed E-state index contributed by atoms with van der Waals surface area (Å²) in [5.41, 5.74) is 4.37. The number of aromatic hydroxyl groups is 1. The van der Waals surface area contributed by atoms with Crippen LogP contribution >= 0.6 is 0 Å². The second kappa shape index (κ2) is 24.2. The molecule has 0 fully saturated rings. The summed E-state index contributed by atoms with van der Waals surface area (Å²) in [6, 6.07) is 3.51. The molecule has 54 heavy (non-hydrogen) atoms. The molecule has 0 aliphatic carbocycles. The van der Waals surface area contributed by atoms with Gasteiger partial charge in [0.05, 0.1) is 25.2 Å². The average molecular weight is 749 g/mol. The monoisotopic (exact) mass is 749 g/mol. The maximum absolute atomic E-state index is 14.5. The number of benzene rings is 2. The molecule has 2 aromatic carbocycles. The highest BCUT2D eigenvalue weighted by molar-refractivity contribution is 5.97. The molecule has 3 rings (SSSR count). The molecule has 8 nitrogen and oxygen atoms in total. The van der Waals surface area contributed by atoms with E-state index < -0.39 is 0 Å². The van der Waals surface area contributed by atoms with Crippen LogP contribution < -0.4 is 14.9 Å². The van der Waals surface area contributed by atoms with Crippen molar-refractivity contribution >= 4 is 21.9 Å². The highest BCUT2D eigenvalue weighted by Crippen LogP contribution is 2.39. The van der Waals surface area contributed by atoms with Gasteiger partial charge in [0.25, 0.3) is 0 Å². The maximum Gasteiger partial charge on any atom is 0.204 e. The average Bonchev–Trinajstić information content (AvgIpc) is 3.15. The van der Waals surface area contributed by atoms with Crippen LogP contribution in [0.3, 0.4) is 0 Å². The number of aliphatic hydroxyl groups excluding tert-OH is 1. The summed E-state index contributed by atoms with van der Waals surface area (Å²) >= 11 is 0. The Morgan fingerprint density at radius 1 is 0.630 bits per heavy atom. The van der Waals surface area contributed by atoms with E-state index in [4.69, 9.17) is 13.9 Å². The second-order valence-corrected chi connectivity index (χ2v) is 15.1. The van der Waals surface area contributed by atoms with Gasteiger partial charge in [-0.05, 0) is 111 Å². The van der Waals surface area contributed by atoms with Crippen molar-refractivity contribution in [2.75, 3.05) is 52.5 Å². The molecule has 1 aromatic heterocycles. The van der Waals surface area contributed by atoms with Gasteiger partial charge in [-0.3, -0.25) is 4.79 Å². The minimum absolute atomic E-state index is 0.108. The summed E-state index contributed by atoms with van der Waals surface area (Å²) in [4.78, 5) is 19.4. The molecule has 3 aromatic rings. The lowest BCUT2D eigenvalue weighted by Crippen LogP contribution is -2.23. The molecule has 0 saturated heterocycles. The van der Waals surface area contributed by atoms with Crippen LogP contribution in [0.4, 0.5) is 0 Å². The normalized spacial score (nSPS) is 11.6. The lowest BCUT2D eigenvalue weighted by molar-refractivity contribution is 0.258. The van der Waals surface area contributed by atoms with Gasteiger partial charge in [0.15, 0.2) is 0 Å². The third-order valence-electron chi connectivity index (χ3n) is 10.6. The van der Waals surface area contributed by atoms with E-state index >= 15 is 0 Å². The fraction of sp³-hybridized carbons (Fsp3) is 0.630. The molecule has 302 valence electrons. The van der Waals surface area contributed by atoms with Crippen molar-refractivity contribution in [3.05, 3.63) is 62.3 Å². The number of unbranched alkanes of at least 4 members (excludes halogenated alkanes) is 8. The number of fused-ring (bicyclic) bond motifs is 2. The molecule has 8 heteroatoms. The SMILES string of the molecule is CCN(CC)CCCCCCCOc1cc2oc3cc(OCCCCCCCN(CC)CC)c(CO)c(CC=C(C)C)c3c(=O)c2c(O)c1CC=C(C)C. The Hall–Kier alpha value is -3.33. The highest BCUT2D eigenvalue weighted by Gasteiger charge is 2.24. The molecule has 0 bridgehead atoms. The molecule has 0 atom stereocenters. The van der Waals surface area contributed by atoms with Gasteiger partial charge in [-0.2, -0.15) is 0 Å². The van der Waals surface area contributed by atoms with E-state index in [1.165, 1.54) is 25.7 Å². The zero-order chi connectivity index (χ0) is 39.5. The van der Waals surface area contributed by atoms with Gasteiger partial charge < -0.3 is 33.9 Å². The van der Waals surface area contributed by atoms with Crippen molar-refractivity contribution in [2.24, 2.45) is 0 Å². The van der Waals surface area contributed by atoms with E-state index in [0.29, 0.717) is 65.2 Å². The van der Waals surface area contributed by atoms with Crippen LogP contribution in [0.2, 0.25) is 0 Å². The van der Waals surface area contributed by atoms with E-state index in [9.17, 15) is 15.0 Å². The fourth-order valence-electron chi connectivity index (χ4n) is 7.11. The topological polar surface area (TPSA) is 95.6 Å². The van der Waals surface area contributed by atoms with Crippen molar-refractivity contribution in [3.8, 4) is 17.2 Å². The number of phenolic OH excluding ortho intramolecular Hbond substituents is 1. The largest absolute Gasteiger partial charge is 0.507 e. The summed E-state index contributed by atoms with van der Waals surface area (Å²) in [5.74, 6) is 0.958. The number of hydrogen-bond acceptors (Lipinski definition) is 8. The number of ether oxygens (including phenoxy) is 2. The van der Waals surface area contributed by atoms with Gasteiger partial charge in [-0.15, -0.1) is 0 Å². The Morgan fingerprint density at radius 2 is 1.06 bits per heavy atom. The van der Waals surface area contributed by atoms with Gasteiger partial charge in [0, 0.05) is 23.3 Å². The molecule has 0 saturated carbocycles. The van der Waals surface area contributed by atoms with Crippen LogP contribution in [0.25, 0.3) is 21.9 Å². The lowest BCUT2D eigenvalue weighted by atomic mass is 9.95. The van der Waals surface area contributed by atoms with E-state index in [2.05, 4.69) is 37.5 Å². The molecule has 0 aliphatic heterocycles. The zero-order valence-electron chi connectivity index (χ0n) is 35.1. The molecule has 0 amide bonds. The quantitative estimate of drug-likeness (QED) is 0.0452. The van der Waals surface area contributed by atoms with E-state index in [-0.39, 0.29) is 28.8 Å². The van der Waals surface area contributed by atoms with Gasteiger partial charge in [0.2, 0.25) is 5.43 Å². The first kappa shape index (κ1) is 45.1. The lowest BCUT2D eigenvalue weighted by Gasteiger charge is -2.18. The molecule has 0 unspecified atom stereocenters. The first-order valence-corrected chi connectivity index (χ1v) is 21.0. The summed E-state index contributed by atoms with van der Waals surface area (Å²) in [6.45, 7) is 24.3. The van der Waals surface area contributed by atoms with Crippen LogP contribution in [0.1, 0.15) is 136 Å². The number of phenols is 1. The summed E-state index contributed by atoms with van der Waals surface area (Å²) < 4.78 is 19.2. The minimum atomic E-state index is -0.318. The molecule has 0 aliphatic rings. The fourth-order valence-corrected chi connectivity index (χ4v) is 7.11. The third-order valence-corrected chi connectivity index (χ3v) is 10.6. The van der Waals surface area contributed by atoms with Crippen LogP contribution in [-0.4, -0.2) is 72.5 Å². The Bertz CT molecular complexity index is 1690. The highest BCUT2D eigenvalue weighted by atomic mass is 16.5. The molecule has 0 radical (unpaired) electrons. The van der Waals surface area contributed by atoms with Crippen molar-refractivity contribution in [2.45, 2.75) is 139 Å². The van der Waals surface area contributed by atoms with Crippen LogP contribution in [0.15, 0.2) is 44.6 Å². The molecule has 1 heterocycles. The van der Waals surface area contributed by atoms with Crippen molar-refractivity contribution in [1.29, 1.82) is 0 Å². The zero-order valence-corrected chi connectivity index (χ0v) is 35.1. The second-order valence-electron chi connectivity index (χ2n) is 15.1. The first-order valence-electron chi connectivity index (χ1n) is 21.0. The third kappa shape index (κ3) is 13.5.